The van der Waals surface area contributed by atoms with Gasteiger partial charge in [-0.05, 0) is 29.7 Å². The smallest absolute Gasteiger partial charge is 0.269 e. The van der Waals surface area contributed by atoms with Gasteiger partial charge in [0.15, 0.2) is 0 Å². The van der Waals surface area contributed by atoms with Crippen LogP contribution in [0.15, 0.2) is 71.5 Å². The van der Waals surface area contributed by atoms with Crippen LogP contribution in [0.4, 0.5) is 4.39 Å². The number of halogens is 1. The van der Waals surface area contributed by atoms with Crippen molar-refractivity contribution in [3.05, 3.63) is 93.8 Å². The first kappa shape index (κ1) is 18.2. The average molecular weight is 334 g/mol. The molecular formula is C21H19FN2O. The third kappa shape index (κ3) is 4.02. The van der Waals surface area contributed by atoms with Gasteiger partial charge in [0.1, 0.15) is 11.6 Å². The summed E-state index contributed by atoms with van der Waals surface area (Å²) in [4.78, 5) is 12.8. The Morgan fingerprint density at radius 3 is 2.12 bits per heavy atom. The van der Waals surface area contributed by atoms with Gasteiger partial charge in [-0.3, -0.25) is 9.18 Å². The van der Waals surface area contributed by atoms with Gasteiger partial charge >= 0.3 is 0 Å². The summed E-state index contributed by atoms with van der Waals surface area (Å²) in [5.41, 5.74) is 3.50. The first-order valence-electron chi connectivity index (χ1n) is 7.82. The van der Waals surface area contributed by atoms with Crippen LogP contribution >= 0.6 is 0 Å². The van der Waals surface area contributed by atoms with Crippen molar-refractivity contribution in [3.63, 3.8) is 0 Å². The Balaban J connectivity index is 0.00000109. The molecular weight excluding hydrogens is 315 g/mol. The summed E-state index contributed by atoms with van der Waals surface area (Å²) in [7, 11) is 0.500. The fourth-order valence-corrected chi connectivity index (χ4v) is 2.68. The van der Waals surface area contributed by atoms with E-state index in [9.17, 15) is 14.4 Å². The molecule has 0 unspecified atom stereocenters. The fourth-order valence-electron chi connectivity index (χ4n) is 2.68. The molecule has 0 saturated carbocycles. The quantitative estimate of drug-likeness (QED) is 0.716. The third-order valence-electron chi connectivity index (χ3n) is 3.86. The number of hydrogen-bond donors (Lipinski definition) is 0. The van der Waals surface area contributed by atoms with E-state index in [1.807, 2.05) is 72.8 Å². The Labute approximate surface area is 146 Å². The molecule has 126 valence electrons. The molecule has 3 nitrogen and oxygen atoms in total. The van der Waals surface area contributed by atoms with Crippen molar-refractivity contribution in [2.75, 3.05) is 7.18 Å². The zero-order chi connectivity index (χ0) is 18.2. The lowest BCUT2D eigenvalue weighted by Gasteiger charge is -2.15. The molecule has 0 bridgehead atoms. The van der Waals surface area contributed by atoms with Gasteiger partial charge in [-0.15, -0.1) is 0 Å². The Kier molecular flexibility index (Phi) is 6.25. The highest BCUT2D eigenvalue weighted by Crippen LogP contribution is 2.21. The third-order valence-corrected chi connectivity index (χ3v) is 3.86. The number of aryl methyl sites for hydroxylation is 1. The van der Waals surface area contributed by atoms with Crippen molar-refractivity contribution >= 4 is 0 Å². The van der Waals surface area contributed by atoms with Crippen LogP contribution < -0.4 is 5.56 Å². The molecule has 1 aromatic heterocycles. The predicted octanol–water partition coefficient (Wildman–Crippen LogP) is 4.33. The van der Waals surface area contributed by atoms with Crippen LogP contribution in [0.1, 0.15) is 16.7 Å². The molecule has 0 aliphatic rings. The molecule has 25 heavy (non-hydrogen) atoms. The number of benzene rings is 2. The molecule has 3 aromatic rings. The van der Waals surface area contributed by atoms with E-state index >= 15 is 0 Å². The summed E-state index contributed by atoms with van der Waals surface area (Å²) in [5, 5.41) is 9.29. The second kappa shape index (κ2) is 8.60. The van der Waals surface area contributed by atoms with Crippen LogP contribution in [0.3, 0.4) is 0 Å². The summed E-state index contributed by atoms with van der Waals surface area (Å²) in [6.45, 7) is 2.25. The Morgan fingerprint density at radius 2 is 1.56 bits per heavy atom. The van der Waals surface area contributed by atoms with E-state index in [-0.39, 0.29) is 11.1 Å². The van der Waals surface area contributed by atoms with Crippen molar-refractivity contribution in [3.8, 4) is 17.3 Å². The summed E-state index contributed by atoms with van der Waals surface area (Å²) in [6.07, 6.45) is 0. The maximum absolute atomic E-state index is 12.8. The van der Waals surface area contributed by atoms with E-state index in [0.717, 1.165) is 16.8 Å². The fraction of sp³-hybridized carbons (Fsp3) is 0.143. The maximum Gasteiger partial charge on any atom is 0.269 e. The Morgan fingerprint density at radius 1 is 1.00 bits per heavy atom. The van der Waals surface area contributed by atoms with Gasteiger partial charge in [0.05, 0.1) is 19.4 Å². The normalized spacial score (nSPS) is 9.68. The van der Waals surface area contributed by atoms with Crippen molar-refractivity contribution in [2.45, 2.75) is 13.5 Å². The molecule has 0 fully saturated rings. The first-order valence-corrected chi connectivity index (χ1v) is 7.82. The molecule has 0 radical (unpaired) electrons. The number of pyridine rings is 1. The minimum absolute atomic E-state index is 0.209. The molecule has 1 heterocycles. The van der Waals surface area contributed by atoms with Gasteiger partial charge in [0.2, 0.25) is 0 Å². The number of rotatable bonds is 3. The van der Waals surface area contributed by atoms with Crippen LogP contribution in [-0.2, 0) is 6.54 Å². The lowest BCUT2D eigenvalue weighted by atomic mass is 10.0. The second-order valence-corrected chi connectivity index (χ2v) is 5.44. The zero-order valence-electron chi connectivity index (χ0n) is 14.2. The standard InChI is InChI=1S/C20H16N2O.CH3F/c1-15-12-19(17-10-6-3-7-11-17)22(20(23)18(15)13-21)14-16-8-4-2-5-9-16;1-2/h2-12H,14H2,1H3;1H3. The van der Waals surface area contributed by atoms with Crippen LogP contribution in [0.25, 0.3) is 11.3 Å². The molecule has 4 heteroatoms. The highest BCUT2D eigenvalue weighted by Gasteiger charge is 2.13. The molecule has 2 aromatic carbocycles. The molecule has 3 rings (SSSR count). The number of nitriles is 1. The molecule has 0 amide bonds. The molecule has 0 aliphatic carbocycles. The summed E-state index contributed by atoms with van der Waals surface area (Å²) >= 11 is 0. The number of aromatic nitrogens is 1. The number of hydrogen-bond acceptors (Lipinski definition) is 2. The van der Waals surface area contributed by atoms with Crippen LogP contribution in [0, 0.1) is 18.3 Å². The highest BCUT2D eigenvalue weighted by atomic mass is 19.1. The SMILES string of the molecule is CF.Cc1cc(-c2ccccc2)n(Cc2ccccc2)c(=O)c1C#N. The molecule has 0 aliphatic heterocycles. The van der Waals surface area contributed by atoms with Gasteiger partial charge < -0.3 is 4.57 Å². The van der Waals surface area contributed by atoms with Gasteiger partial charge in [0.25, 0.3) is 5.56 Å². The summed E-state index contributed by atoms with van der Waals surface area (Å²) in [6, 6.07) is 23.5. The van der Waals surface area contributed by atoms with E-state index in [2.05, 4.69) is 0 Å². The monoisotopic (exact) mass is 334 g/mol. The number of nitrogens with zero attached hydrogens (tertiary/aromatic N) is 2. The minimum Gasteiger partial charge on any atom is -0.303 e. The van der Waals surface area contributed by atoms with Crippen LogP contribution in [-0.4, -0.2) is 11.7 Å². The van der Waals surface area contributed by atoms with E-state index in [0.29, 0.717) is 19.3 Å². The van der Waals surface area contributed by atoms with Gasteiger partial charge in [0, 0.05) is 0 Å². The maximum atomic E-state index is 12.8. The Bertz CT molecular complexity index is 926. The largest absolute Gasteiger partial charge is 0.303 e. The van der Waals surface area contributed by atoms with Gasteiger partial charge in [-0.2, -0.15) is 5.26 Å². The number of alkyl halides is 1. The van der Waals surface area contributed by atoms with Crippen molar-refractivity contribution in [1.29, 1.82) is 5.26 Å². The van der Waals surface area contributed by atoms with E-state index < -0.39 is 0 Å². The van der Waals surface area contributed by atoms with E-state index in [4.69, 9.17) is 0 Å². The topological polar surface area (TPSA) is 45.8 Å². The van der Waals surface area contributed by atoms with Crippen LogP contribution in [0.5, 0.6) is 0 Å². The lowest BCUT2D eigenvalue weighted by molar-refractivity contribution is 0.636. The van der Waals surface area contributed by atoms with Crippen molar-refractivity contribution in [2.24, 2.45) is 0 Å². The predicted molar refractivity (Wildman–Crippen MR) is 98.2 cm³/mol. The van der Waals surface area contributed by atoms with Crippen LogP contribution in [0.2, 0.25) is 0 Å². The lowest BCUT2D eigenvalue weighted by Crippen LogP contribution is -2.25. The summed E-state index contributed by atoms with van der Waals surface area (Å²) < 4.78 is 11.2. The average Bonchev–Trinajstić information content (AvgIpc) is 2.67. The highest BCUT2D eigenvalue weighted by molar-refractivity contribution is 5.62. The van der Waals surface area contributed by atoms with Gasteiger partial charge in [-0.25, -0.2) is 0 Å². The van der Waals surface area contributed by atoms with E-state index in [1.165, 1.54) is 0 Å². The van der Waals surface area contributed by atoms with Crippen molar-refractivity contribution in [1.82, 2.24) is 4.57 Å². The Hall–Kier alpha value is -3.19. The second-order valence-electron chi connectivity index (χ2n) is 5.44. The van der Waals surface area contributed by atoms with Gasteiger partial charge in [-0.1, -0.05) is 60.7 Å². The molecule has 0 atom stereocenters. The molecule has 0 spiro atoms. The molecule has 0 saturated heterocycles. The summed E-state index contributed by atoms with van der Waals surface area (Å²) in [5.74, 6) is 0. The van der Waals surface area contributed by atoms with E-state index in [1.54, 1.807) is 11.5 Å². The van der Waals surface area contributed by atoms with Crippen molar-refractivity contribution < 1.29 is 4.39 Å². The minimum atomic E-state index is -0.241. The first-order chi connectivity index (χ1) is 12.2. The molecule has 0 N–H and O–H groups in total. The zero-order valence-corrected chi connectivity index (χ0v) is 14.2.